The topological polar surface area (TPSA) is 130 Å². The van der Waals surface area contributed by atoms with Crippen molar-refractivity contribution >= 4 is 26.9 Å². The number of ether oxygens (including phenoxy) is 2. The van der Waals surface area contributed by atoms with Gasteiger partial charge < -0.3 is 15.2 Å². The Morgan fingerprint density at radius 2 is 1.73 bits per heavy atom. The molecule has 3 aromatic carbocycles. The zero-order valence-corrected chi connectivity index (χ0v) is 18.3. The SMILES string of the molecule is COc1ccc(S(N)(=O)=O)c(-c2ccc(F)c(-c3ccc4nc(N)ncc4c3)c2F)c1OC. The Labute approximate surface area is 187 Å². The summed E-state index contributed by atoms with van der Waals surface area (Å²) in [4.78, 5) is 7.57. The molecule has 33 heavy (non-hydrogen) atoms. The molecule has 0 radical (unpaired) electrons. The van der Waals surface area contributed by atoms with Crippen LogP contribution in [0.5, 0.6) is 11.5 Å². The smallest absolute Gasteiger partial charge is 0.238 e. The molecule has 11 heteroatoms. The maximum Gasteiger partial charge on any atom is 0.238 e. The lowest BCUT2D eigenvalue weighted by atomic mass is 9.96. The highest BCUT2D eigenvalue weighted by Gasteiger charge is 2.27. The van der Waals surface area contributed by atoms with E-state index in [1.54, 1.807) is 6.07 Å². The third kappa shape index (κ3) is 3.92. The number of nitrogens with two attached hydrogens (primary N) is 2. The molecule has 4 rings (SSSR count). The first-order valence-electron chi connectivity index (χ1n) is 9.44. The predicted octanol–water partition coefficient (Wildman–Crippen LogP) is 3.49. The van der Waals surface area contributed by atoms with Crippen LogP contribution in [0.3, 0.4) is 0 Å². The summed E-state index contributed by atoms with van der Waals surface area (Å²) in [6.45, 7) is 0. The van der Waals surface area contributed by atoms with E-state index in [4.69, 9.17) is 20.3 Å². The van der Waals surface area contributed by atoms with Crippen LogP contribution in [0, 0.1) is 11.6 Å². The van der Waals surface area contributed by atoms with Crippen LogP contribution in [0.15, 0.2) is 53.6 Å². The minimum absolute atomic E-state index is 0.0650. The van der Waals surface area contributed by atoms with E-state index in [0.717, 1.165) is 12.1 Å². The van der Waals surface area contributed by atoms with Gasteiger partial charge in [0.15, 0.2) is 11.5 Å². The van der Waals surface area contributed by atoms with Gasteiger partial charge in [-0.25, -0.2) is 32.3 Å². The second kappa shape index (κ2) is 8.26. The van der Waals surface area contributed by atoms with Crippen LogP contribution in [-0.4, -0.2) is 32.6 Å². The molecule has 4 N–H and O–H groups in total. The van der Waals surface area contributed by atoms with Gasteiger partial charge in [0, 0.05) is 17.1 Å². The first-order valence-corrected chi connectivity index (χ1v) is 11.0. The molecule has 0 aliphatic carbocycles. The molecule has 0 atom stereocenters. The fourth-order valence-corrected chi connectivity index (χ4v) is 4.36. The number of fused-ring (bicyclic) bond motifs is 1. The molecule has 0 saturated heterocycles. The van der Waals surface area contributed by atoms with Crippen molar-refractivity contribution in [2.45, 2.75) is 4.90 Å². The van der Waals surface area contributed by atoms with Crippen molar-refractivity contribution in [2.24, 2.45) is 5.14 Å². The van der Waals surface area contributed by atoms with Gasteiger partial charge in [-0.2, -0.15) is 0 Å². The number of nitrogens with zero attached hydrogens (tertiary/aromatic N) is 2. The fourth-order valence-electron chi connectivity index (χ4n) is 3.61. The Hall–Kier alpha value is -3.83. The van der Waals surface area contributed by atoms with E-state index in [9.17, 15) is 12.8 Å². The number of aromatic nitrogens is 2. The van der Waals surface area contributed by atoms with E-state index >= 15 is 4.39 Å². The summed E-state index contributed by atoms with van der Waals surface area (Å²) >= 11 is 0. The van der Waals surface area contributed by atoms with E-state index < -0.39 is 26.6 Å². The van der Waals surface area contributed by atoms with Crippen LogP contribution >= 0.6 is 0 Å². The first kappa shape index (κ1) is 22.4. The van der Waals surface area contributed by atoms with E-state index in [2.05, 4.69) is 9.97 Å². The summed E-state index contributed by atoms with van der Waals surface area (Å²) in [5.41, 5.74) is 5.46. The van der Waals surface area contributed by atoms with Crippen molar-refractivity contribution in [2.75, 3.05) is 20.0 Å². The number of sulfonamides is 1. The summed E-state index contributed by atoms with van der Waals surface area (Å²) in [6.07, 6.45) is 1.44. The summed E-state index contributed by atoms with van der Waals surface area (Å²) in [7, 11) is -1.69. The van der Waals surface area contributed by atoms with Crippen LogP contribution in [-0.2, 0) is 10.0 Å². The van der Waals surface area contributed by atoms with Gasteiger partial charge in [0.05, 0.1) is 35.8 Å². The number of anilines is 1. The quantitative estimate of drug-likeness (QED) is 0.455. The number of nitrogen functional groups attached to an aromatic ring is 1. The highest BCUT2D eigenvalue weighted by atomic mass is 32.2. The van der Waals surface area contributed by atoms with E-state index in [1.165, 1.54) is 44.7 Å². The zero-order chi connectivity index (χ0) is 23.9. The molecule has 0 aliphatic rings. The van der Waals surface area contributed by atoms with Gasteiger partial charge in [0.1, 0.15) is 11.6 Å². The van der Waals surface area contributed by atoms with Crippen LogP contribution < -0.4 is 20.3 Å². The van der Waals surface area contributed by atoms with E-state index in [-0.39, 0.29) is 39.7 Å². The monoisotopic (exact) mass is 472 g/mol. The summed E-state index contributed by atoms with van der Waals surface area (Å²) in [6, 6.07) is 9.18. The number of methoxy groups -OCH3 is 2. The lowest BCUT2D eigenvalue weighted by Crippen LogP contribution is -2.14. The molecule has 0 amide bonds. The first-order chi connectivity index (χ1) is 15.7. The van der Waals surface area contributed by atoms with Crippen LogP contribution in [0.4, 0.5) is 14.7 Å². The van der Waals surface area contributed by atoms with Crippen LogP contribution in [0.1, 0.15) is 0 Å². The van der Waals surface area contributed by atoms with Crippen molar-refractivity contribution in [1.29, 1.82) is 0 Å². The van der Waals surface area contributed by atoms with Gasteiger partial charge in [-0.1, -0.05) is 6.07 Å². The lowest BCUT2D eigenvalue weighted by Gasteiger charge is -2.18. The Bertz CT molecular complexity index is 1510. The van der Waals surface area contributed by atoms with Gasteiger partial charge in [0.2, 0.25) is 16.0 Å². The molecule has 0 saturated carbocycles. The normalized spacial score (nSPS) is 11.5. The van der Waals surface area contributed by atoms with Crippen molar-refractivity contribution < 1.29 is 26.7 Å². The zero-order valence-electron chi connectivity index (χ0n) is 17.5. The van der Waals surface area contributed by atoms with Crippen molar-refractivity contribution in [1.82, 2.24) is 9.97 Å². The molecule has 0 spiro atoms. The van der Waals surface area contributed by atoms with E-state index in [1.807, 2.05) is 0 Å². The second-order valence-electron chi connectivity index (χ2n) is 7.00. The van der Waals surface area contributed by atoms with Gasteiger partial charge in [-0.15, -0.1) is 0 Å². The molecule has 8 nitrogen and oxygen atoms in total. The van der Waals surface area contributed by atoms with E-state index in [0.29, 0.717) is 10.9 Å². The van der Waals surface area contributed by atoms with Crippen molar-refractivity contribution in [3.63, 3.8) is 0 Å². The Morgan fingerprint density at radius 1 is 0.970 bits per heavy atom. The third-order valence-corrected chi connectivity index (χ3v) is 6.01. The predicted molar refractivity (Wildman–Crippen MR) is 119 cm³/mol. The molecule has 0 aliphatic heterocycles. The molecule has 1 heterocycles. The Kier molecular flexibility index (Phi) is 5.60. The Morgan fingerprint density at radius 3 is 2.39 bits per heavy atom. The average Bonchev–Trinajstić information content (AvgIpc) is 2.77. The molecule has 170 valence electrons. The van der Waals surface area contributed by atoms with Crippen molar-refractivity contribution in [3.05, 3.63) is 60.3 Å². The number of hydrogen-bond acceptors (Lipinski definition) is 7. The Balaban J connectivity index is 2.04. The molecular formula is C22H18F2N4O4S. The highest BCUT2D eigenvalue weighted by molar-refractivity contribution is 7.89. The fraction of sp³-hybridized carbons (Fsp3) is 0.0909. The minimum Gasteiger partial charge on any atom is -0.493 e. The number of hydrogen-bond donors (Lipinski definition) is 2. The third-order valence-electron chi connectivity index (χ3n) is 5.06. The maximum atomic E-state index is 15.9. The van der Waals surface area contributed by atoms with Gasteiger partial charge in [-0.3, -0.25) is 0 Å². The number of rotatable bonds is 5. The standard InChI is InChI=1S/C22H18F2N4O4S/c1-31-16-7-8-17(33(26,29)30)19(21(16)32-2)13-4-5-14(23)18(20(13)24)11-3-6-15-12(9-11)10-27-22(25)28-15/h3-10H,1-2H3,(H2,25,27,28)(H2,26,29,30). The van der Waals surface area contributed by atoms with Crippen LogP contribution in [0.2, 0.25) is 0 Å². The van der Waals surface area contributed by atoms with Gasteiger partial charge >= 0.3 is 0 Å². The molecular weight excluding hydrogens is 454 g/mol. The summed E-state index contributed by atoms with van der Waals surface area (Å²) in [5.74, 6) is -1.73. The number of benzene rings is 3. The molecule has 0 fully saturated rings. The molecule has 0 bridgehead atoms. The average molecular weight is 472 g/mol. The minimum atomic E-state index is -4.30. The van der Waals surface area contributed by atoms with Crippen LogP contribution in [0.25, 0.3) is 33.2 Å². The van der Waals surface area contributed by atoms with Gasteiger partial charge in [-0.05, 0) is 42.0 Å². The van der Waals surface area contributed by atoms with Crippen molar-refractivity contribution in [3.8, 4) is 33.8 Å². The molecule has 4 aromatic rings. The maximum absolute atomic E-state index is 15.9. The number of primary sulfonamides is 1. The second-order valence-corrected chi connectivity index (χ2v) is 8.53. The molecule has 0 unspecified atom stereocenters. The van der Waals surface area contributed by atoms with Gasteiger partial charge in [0.25, 0.3) is 0 Å². The summed E-state index contributed by atoms with van der Waals surface area (Å²) < 4.78 is 65.8. The summed E-state index contributed by atoms with van der Waals surface area (Å²) in [5, 5.41) is 5.88. The number of halogens is 2. The molecule has 1 aromatic heterocycles. The largest absolute Gasteiger partial charge is 0.493 e. The highest BCUT2D eigenvalue weighted by Crippen LogP contribution is 2.45. The lowest BCUT2D eigenvalue weighted by molar-refractivity contribution is 0.355.